The summed E-state index contributed by atoms with van der Waals surface area (Å²) in [6, 6.07) is 4.70. The van der Waals surface area contributed by atoms with Crippen molar-refractivity contribution in [2.24, 2.45) is 17.8 Å². The molecule has 1 heterocycles. The highest BCUT2D eigenvalue weighted by Gasteiger charge is 2.56. The molecule has 0 radical (unpaired) electrons. The molecule has 3 N–H and O–H groups in total. The van der Waals surface area contributed by atoms with Crippen molar-refractivity contribution in [2.45, 2.75) is 45.6 Å². The summed E-state index contributed by atoms with van der Waals surface area (Å²) < 4.78 is 4.60. The number of aliphatic hydroxyl groups excluding tert-OH is 2. The molecule has 0 unspecified atom stereocenters. The number of hydrogen-bond donors (Lipinski definition) is 3. The number of methoxy groups -OCH3 is 1. The van der Waals surface area contributed by atoms with Crippen LogP contribution in [0.2, 0.25) is 5.02 Å². The number of phenols is 1. The minimum Gasteiger partial charge on any atom is -0.508 e. The molecular weight excluding hydrogens is 462 g/mol. The number of rotatable bonds is 7. The maximum Gasteiger partial charge on any atom is 0.423 e. The lowest BCUT2D eigenvalue weighted by Crippen LogP contribution is -2.40. The summed E-state index contributed by atoms with van der Waals surface area (Å²) in [5.41, 5.74) is 3.09. The second-order valence-corrected chi connectivity index (χ2v) is 9.18. The van der Waals surface area contributed by atoms with E-state index in [2.05, 4.69) is 4.74 Å². The Bertz CT molecular complexity index is 1050. The largest absolute Gasteiger partial charge is 0.508 e. The fourth-order valence-corrected chi connectivity index (χ4v) is 5.29. The van der Waals surface area contributed by atoms with E-state index in [4.69, 9.17) is 11.6 Å². The lowest BCUT2D eigenvalue weighted by molar-refractivity contribution is -0.137. The third-order valence-electron chi connectivity index (χ3n) is 6.72. The summed E-state index contributed by atoms with van der Waals surface area (Å²) >= 11 is 6.17. The van der Waals surface area contributed by atoms with Crippen LogP contribution in [0.1, 0.15) is 45.1 Å². The van der Waals surface area contributed by atoms with Crippen LogP contribution in [-0.2, 0) is 14.3 Å². The van der Waals surface area contributed by atoms with Crippen molar-refractivity contribution in [1.82, 2.24) is 4.90 Å². The number of fused-ring (bicyclic) bond motifs is 1. The number of likely N-dealkylation sites (tertiary alicyclic amines) is 1. The van der Waals surface area contributed by atoms with Crippen molar-refractivity contribution in [3.05, 3.63) is 45.5 Å². The number of allylic oxidation sites excluding steroid dienone is 2. The van der Waals surface area contributed by atoms with Gasteiger partial charge in [-0.15, -0.1) is 0 Å². The zero-order chi connectivity index (χ0) is 25.2. The van der Waals surface area contributed by atoms with Crippen molar-refractivity contribution in [3.63, 3.8) is 0 Å². The van der Waals surface area contributed by atoms with E-state index < -0.39 is 48.4 Å². The first-order valence-corrected chi connectivity index (χ1v) is 11.6. The highest BCUT2D eigenvalue weighted by molar-refractivity contribution is 6.32. The minimum atomic E-state index is -1.03. The maximum atomic E-state index is 13.0. The molecule has 2 aliphatic rings. The zero-order valence-corrected chi connectivity index (χ0v) is 20.2. The predicted molar refractivity (Wildman–Crippen MR) is 126 cm³/mol. The average Bonchev–Trinajstić information content (AvgIpc) is 3.07. The van der Waals surface area contributed by atoms with Crippen LogP contribution in [0, 0.1) is 17.8 Å². The highest BCUT2D eigenvalue weighted by atomic mass is 35.5. The second kappa shape index (κ2) is 10.7. The summed E-state index contributed by atoms with van der Waals surface area (Å²) in [5, 5.41) is 31.2. The van der Waals surface area contributed by atoms with Crippen LogP contribution < -0.4 is 0 Å². The minimum absolute atomic E-state index is 0.0746. The summed E-state index contributed by atoms with van der Waals surface area (Å²) in [4.78, 5) is 38.3. The number of halogens is 1. The lowest BCUT2D eigenvalue weighted by atomic mass is 9.67. The Hall–Kier alpha value is -2.68. The van der Waals surface area contributed by atoms with Gasteiger partial charge in [-0.25, -0.2) is 4.79 Å². The fourth-order valence-electron chi connectivity index (χ4n) is 5.06. The molecule has 34 heavy (non-hydrogen) atoms. The maximum absolute atomic E-state index is 13.0. The number of amides is 3. The van der Waals surface area contributed by atoms with Gasteiger partial charge in [0, 0.05) is 5.92 Å². The SMILES string of the molecule is CCC1=C([C@H](O)CC/C(C)=C/c2ccc(O)cc2Cl)[C@H](CO)[C@@H]2C(=O)N(C(=O)OC)C(=O)[C@@H]2C1. The van der Waals surface area contributed by atoms with Crippen LogP contribution in [0.15, 0.2) is 34.9 Å². The van der Waals surface area contributed by atoms with Crippen molar-refractivity contribution in [3.8, 4) is 5.75 Å². The quantitative estimate of drug-likeness (QED) is 0.392. The van der Waals surface area contributed by atoms with Crippen LogP contribution in [0.25, 0.3) is 6.08 Å². The number of benzene rings is 1. The standard InChI is InChI=1S/C25H30ClNO7/c1-4-14-10-17-22(24(32)27(23(17)31)25(33)34-3)18(12-28)21(14)20(30)8-5-13(2)9-15-6-7-16(29)11-19(15)26/h6-7,9,11,17-18,20,22,28-30H,4-5,8,10,12H2,1-3H3/b13-9+/t17-,18+,20-,22-/m1/s1. The first kappa shape index (κ1) is 25.9. The van der Waals surface area contributed by atoms with Crippen LogP contribution in [0.5, 0.6) is 5.75 Å². The number of hydrogen-bond acceptors (Lipinski definition) is 7. The summed E-state index contributed by atoms with van der Waals surface area (Å²) in [7, 11) is 1.10. The molecule has 3 amide bonds. The van der Waals surface area contributed by atoms with E-state index in [1.54, 1.807) is 12.1 Å². The monoisotopic (exact) mass is 491 g/mol. The van der Waals surface area contributed by atoms with Crippen LogP contribution in [0.3, 0.4) is 0 Å². The molecule has 0 saturated carbocycles. The number of carbonyl (C=O) groups is 3. The predicted octanol–water partition coefficient (Wildman–Crippen LogP) is 3.68. The fraction of sp³-hybridized carbons (Fsp3) is 0.480. The number of imide groups is 3. The first-order valence-electron chi connectivity index (χ1n) is 11.3. The van der Waals surface area contributed by atoms with Gasteiger partial charge in [-0.2, -0.15) is 4.90 Å². The molecular formula is C25H30ClNO7. The number of aliphatic hydroxyl groups is 2. The van der Waals surface area contributed by atoms with E-state index in [1.807, 2.05) is 19.9 Å². The topological polar surface area (TPSA) is 124 Å². The molecule has 3 rings (SSSR count). The molecule has 0 bridgehead atoms. The van der Waals surface area contributed by atoms with Crippen molar-refractivity contribution >= 4 is 35.6 Å². The molecule has 0 spiro atoms. The van der Waals surface area contributed by atoms with Crippen LogP contribution in [0.4, 0.5) is 4.79 Å². The Kier molecular flexibility index (Phi) is 8.17. The molecule has 1 aromatic carbocycles. The summed E-state index contributed by atoms with van der Waals surface area (Å²) in [6.07, 6.45) is 1.57. The Labute approximate surface area is 203 Å². The van der Waals surface area contributed by atoms with E-state index in [-0.39, 0.29) is 12.2 Å². The Morgan fingerprint density at radius 1 is 1.32 bits per heavy atom. The van der Waals surface area contributed by atoms with Crippen molar-refractivity contribution < 1.29 is 34.4 Å². The number of ether oxygens (including phenoxy) is 1. The molecule has 1 aromatic rings. The van der Waals surface area contributed by atoms with Gasteiger partial charge in [-0.1, -0.05) is 35.7 Å². The van der Waals surface area contributed by atoms with Crippen molar-refractivity contribution in [2.75, 3.05) is 13.7 Å². The third kappa shape index (κ3) is 4.89. The molecule has 1 aliphatic heterocycles. The van der Waals surface area contributed by atoms with Gasteiger partial charge in [0.25, 0.3) is 0 Å². The van der Waals surface area contributed by atoms with Gasteiger partial charge in [-0.3, -0.25) is 9.59 Å². The van der Waals surface area contributed by atoms with Gasteiger partial charge in [0.1, 0.15) is 5.75 Å². The number of phenolic OH excluding ortho intramolecular Hbond substituents is 1. The number of aromatic hydroxyl groups is 1. The third-order valence-corrected chi connectivity index (χ3v) is 7.05. The summed E-state index contributed by atoms with van der Waals surface area (Å²) in [6.45, 7) is 3.37. The van der Waals surface area contributed by atoms with E-state index in [0.29, 0.717) is 34.8 Å². The molecule has 184 valence electrons. The van der Waals surface area contributed by atoms with Gasteiger partial charge in [0.2, 0.25) is 11.8 Å². The van der Waals surface area contributed by atoms with Gasteiger partial charge < -0.3 is 20.1 Å². The molecule has 1 fully saturated rings. The van der Waals surface area contributed by atoms with Gasteiger partial charge in [-0.05, 0) is 61.9 Å². The molecule has 0 aromatic heterocycles. The van der Waals surface area contributed by atoms with E-state index in [1.165, 1.54) is 6.07 Å². The van der Waals surface area contributed by atoms with E-state index in [0.717, 1.165) is 23.8 Å². The molecule has 8 nitrogen and oxygen atoms in total. The molecule has 1 aliphatic carbocycles. The van der Waals surface area contributed by atoms with Crippen molar-refractivity contribution in [1.29, 1.82) is 0 Å². The van der Waals surface area contributed by atoms with E-state index in [9.17, 15) is 29.7 Å². The average molecular weight is 492 g/mol. The van der Waals surface area contributed by atoms with Crippen LogP contribution in [-0.4, -0.2) is 57.9 Å². The highest BCUT2D eigenvalue weighted by Crippen LogP contribution is 2.47. The Balaban J connectivity index is 1.82. The van der Waals surface area contributed by atoms with Gasteiger partial charge in [0.15, 0.2) is 0 Å². The number of nitrogens with zero attached hydrogens (tertiary/aromatic N) is 1. The van der Waals surface area contributed by atoms with Gasteiger partial charge in [0.05, 0.1) is 36.7 Å². The molecule has 1 saturated heterocycles. The Morgan fingerprint density at radius 3 is 2.62 bits per heavy atom. The second-order valence-electron chi connectivity index (χ2n) is 8.77. The van der Waals surface area contributed by atoms with E-state index >= 15 is 0 Å². The van der Waals surface area contributed by atoms with Gasteiger partial charge >= 0.3 is 6.09 Å². The lowest BCUT2D eigenvalue weighted by Gasteiger charge is -2.36. The molecule has 9 heteroatoms. The molecule has 4 atom stereocenters. The zero-order valence-electron chi connectivity index (χ0n) is 19.5. The first-order chi connectivity index (χ1) is 16.1. The smallest absolute Gasteiger partial charge is 0.423 e. The number of carbonyl (C=O) groups excluding carboxylic acids is 3. The summed E-state index contributed by atoms with van der Waals surface area (Å²) in [5.74, 6) is -3.67. The normalized spacial score (nSPS) is 23.9. The Morgan fingerprint density at radius 2 is 2.03 bits per heavy atom. The van der Waals surface area contributed by atoms with Crippen LogP contribution >= 0.6 is 11.6 Å².